The molecular formula is C10H17N3S2. The summed E-state index contributed by atoms with van der Waals surface area (Å²) in [6.07, 6.45) is 2.20. The van der Waals surface area contributed by atoms with E-state index in [2.05, 4.69) is 33.9 Å². The Hall–Kier alpha value is -0.100. The molecule has 2 unspecified atom stereocenters. The minimum Gasteiger partial charge on any atom is -0.314 e. The molecule has 84 valence electrons. The zero-order chi connectivity index (χ0) is 10.7. The Bertz CT molecular complexity index is 289. The molecule has 0 spiro atoms. The van der Waals surface area contributed by atoms with E-state index >= 15 is 0 Å². The highest BCUT2D eigenvalue weighted by Gasteiger charge is 2.29. The topological polar surface area (TPSA) is 28.2 Å². The maximum absolute atomic E-state index is 4.33. The van der Waals surface area contributed by atoms with E-state index in [9.17, 15) is 0 Å². The van der Waals surface area contributed by atoms with Crippen LogP contribution in [0.1, 0.15) is 5.69 Å². The Balaban J connectivity index is 1.92. The van der Waals surface area contributed by atoms with E-state index in [4.69, 9.17) is 0 Å². The zero-order valence-corrected chi connectivity index (χ0v) is 10.8. The van der Waals surface area contributed by atoms with Crippen molar-refractivity contribution >= 4 is 23.1 Å². The van der Waals surface area contributed by atoms with Gasteiger partial charge in [0.2, 0.25) is 0 Å². The third kappa shape index (κ3) is 2.72. The summed E-state index contributed by atoms with van der Waals surface area (Å²) in [6.45, 7) is 3.20. The Kier molecular flexibility index (Phi) is 4.02. The highest BCUT2D eigenvalue weighted by atomic mass is 32.2. The van der Waals surface area contributed by atoms with Gasteiger partial charge >= 0.3 is 0 Å². The highest BCUT2D eigenvalue weighted by Crippen LogP contribution is 2.20. The summed E-state index contributed by atoms with van der Waals surface area (Å²) < 4.78 is 0. The van der Waals surface area contributed by atoms with Crippen LogP contribution in [-0.4, -0.2) is 47.6 Å². The summed E-state index contributed by atoms with van der Waals surface area (Å²) in [4.78, 5) is 6.74. The second-order valence-electron chi connectivity index (χ2n) is 3.89. The van der Waals surface area contributed by atoms with Gasteiger partial charge in [-0.3, -0.25) is 4.90 Å². The molecule has 1 aromatic heterocycles. The average Bonchev–Trinajstić information content (AvgIpc) is 2.86. The number of nitrogens with zero attached hydrogens (tertiary/aromatic N) is 2. The van der Waals surface area contributed by atoms with Crippen LogP contribution >= 0.6 is 23.1 Å². The van der Waals surface area contributed by atoms with Gasteiger partial charge in [-0.25, -0.2) is 4.98 Å². The maximum atomic E-state index is 4.33. The first kappa shape index (κ1) is 11.4. The molecule has 0 saturated carbocycles. The standard InChI is InChI=1S/C10H17N3S2/c1-13(5-8-6-15-7-12-8)9-3-11-4-10(9)14-2/h6-7,9-11H,3-5H2,1-2H3. The SMILES string of the molecule is CSC1CNCC1N(C)Cc1cscn1. The fourth-order valence-electron chi connectivity index (χ4n) is 2.01. The molecule has 1 saturated heterocycles. The van der Waals surface area contributed by atoms with Gasteiger partial charge in [-0.15, -0.1) is 11.3 Å². The van der Waals surface area contributed by atoms with Gasteiger partial charge in [-0.05, 0) is 13.3 Å². The van der Waals surface area contributed by atoms with Crippen LogP contribution < -0.4 is 5.32 Å². The van der Waals surface area contributed by atoms with Crippen molar-refractivity contribution in [2.45, 2.75) is 17.8 Å². The summed E-state index contributed by atoms with van der Waals surface area (Å²) in [5.74, 6) is 0. The number of thiazole rings is 1. The van der Waals surface area contributed by atoms with Crippen LogP contribution in [0.25, 0.3) is 0 Å². The number of thioether (sulfide) groups is 1. The van der Waals surface area contributed by atoms with E-state index in [-0.39, 0.29) is 0 Å². The third-order valence-electron chi connectivity index (χ3n) is 2.89. The van der Waals surface area contributed by atoms with Crippen molar-refractivity contribution in [2.75, 3.05) is 26.4 Å². The molecule has 0 aliphatic carbocycles. The van der Waals surface area contributed by atoms with Crippen molar-refractivity contribution in [3.8, 4) is 0 Å². The first-order valence-corrected chi connectivity index (χ1v) is 7.35. The minimum atomic E-state index is 0.640. The van der Waals surface area contributed by atoms with Crippen molar-refractivity contribution in [1.29, 1.82) is 0 Å². The van der Waals surface area contributed by atoms with Crippen molar-refractivity contribution in [1.82, 2.24) is 15.2 Å². The monoisotopic (exact) mass is 243 g/mol. The molecule has 3 nitrogen and oxygen atoms in total. The molecule has 1 N–H and O–H groups in total. The lowest BCUT2D eigenvalue weighted by molar-refractivity contribution is 0.250. The lowest BCUT2D eigenvalue weighted by Gasteiger charge is -2.27. The number of hydrogen-bond donors (Lipinski definition) is 1. The molecule has 2 rings (SSSR count). The lowest BCUT2D eigenvalue weighted by Crippen LogP contribution is -2.38. The average molecular weight is 243 g/mol. The van der Waals surface area contributed by atoms with E-state index in [0.29, 0.717) is 11.3 Å². The summed E-state index contributed by atoms with van der Waals surface area (Å²) >= 11 is 3.63. The van der Waals surface area contributed by atoms with Gasteiger partial charge in [0, 0.05) is 36.3 Å². The Morgan fingerprint density at radius 2 is 2.53 bits per heavy atom. The summed E-state index contributed by atoms with van der Waals surface area (Å²) in [5, 5.41) is 6.30. The van der Waals surface area contributed by atoms with E-state index < -0.39 is 0 Å². The van der Waals surface area contributed by atoms with Gasteiger partial charge in [0.15, 0.2) is 0 Å². The second kappa shape index (κ2) is 5.30. The van der Waals surface area contributed by atoms with Crippen molar-refractivity contribution in [2.24, 2.45) is 0 Å². The highest BCUT2D eigenvalue weighted by molar-refractivity contribution is 7.99. The molecule has 2 atom stereocenters. The number of hydrogen-bond acceptors (Lipinski definition) is 5. The van der Waals surface area contributed by atoms with Crippen LogP contribution in [0.15, 0.2) is 10.9 Å². The third-order valence-corrected chi connectivity index (χ3v) is 4.61. The molecule has 0 radical (unpaired) electrons. The van der Waals surface area contributed by atoms with Crippen molar-refractivity contribution < 1.29 is 0 Å². The smallest absolute Gasteiger partial charge is 0.0795 e. The van der Waals surface area contributed by atoms with Gasteiger partial charge in [0.1, 0.15) is 0 Å². The van der Waals surface area contributed by atoms with Crippen LogP contribution in [0, 0.1) is 0 Å². The molecule has 1 aliphatic rings. The Morgan fingerprint density at radius 3 is 3.20 bits per heavy atom. The first-order valence-electron chi connectivity index (χ1n) is 5.12. The lowest BCUT2D eigenvalue weighted by atomic mass is 10.2. The maximum Gasteiger partial charge on any atom is 0.0795 e. The van der Waals surface area contributed by atoms with E-state index in [1.54, 1.807) is 11.3 Å². The fraction of sp³-hybridized carbons (Fsp3) is 0.700. The molecule has 2 heterocycles. The zero-order valence-electron chi connectivity index (χ0n) is 9.14. The quantitative estimate of drug-likeness (QED) is 0.862. The van der Waals surface area contributed by atoms with Crippen LogP contribution in [-0.2, 0) is 6.54 Å². The second-order valence-corrected chi connectivity index (χ2v) is 5.69. The van der Waals surface area contributed by atoms with Gasteiger partial charge in [-0.1, -0.05) is 0 Å². The minimum absolute atomic E-state index is 0.640. The molecule has 0 aromatic carbocycles. The molecule has 1 aromatic rings. The van der Waals surface area contributed by atoms with E-state index in [1.807, 2.05) is 17.3 Å². The number of rotatable bonds is 4. The van der Waals surface area contributed by atoms with Crippen LogP contribution in [0.3, 0.4) is 0 Å². The molecule has 15 heavy (non-hydrogen) atoms. The van der Waals surface area contributed by atoms with Gasteiger partial charge in [-0.2, -0.15) is 11.8 Å². The fourth-order valence-corrected chi connectivity index (χ4v) is 3.46. The van der Waals surface area contributed by atoms with Crippen LogP contribution in [0.5, 0.6) is 0 Å². The van der Waals surface area contributed by atoms with Gasteiger partial charge < -0.3 is 5.32 Å². The Labute approximate surface area is 99.3 Å². The number of aromatic nitrogens is 1. The largest absolute Gasteiger partial charge is 0.314 e. The molecule has 0 bridgehead atoms. The first-order chi connectivity index (χ1) is 7.31. The van der Waals surface area contributed by atoms with Gasteiger partial charge in [0.05, 0.1) is 11.2 Å². The predicted octanol–water partition coefficient (Wildman–Crippen LogP) is 1.28. The summed E-state index contributed by atoms with van der Waals surface area (Å²) in [5.41, 5.74) is 3.09. The summed E-state index contributed by atoms with van der Waals surface area (Å²) in [7, 11) is 2.19. The molecule has 5 heteroatoms. The van der Waals surface area contributed by atoms with Crippen molar-refractivity contribution in [3.63, 3.8) is 0 Å². The van der Waals surface area contributed by atoms with E-state index in [0.717, 1.165) is 19.6 Å². The van der Waals surface area contributed by atoms with Crippen LogP contribution in [0.4, 0.5) is 0 Å². The van der Waals surface area contributed by atoms with E-state index in [1.165, 1.54) is 5.69 Å². The van der Waals surface area contributed by atoms with Gasteiger partial charge in [0.25, 0.3) is 0 Å². The molecule has 1 fully saturated rings. The van der Waals surface area contributed by atoms with Crippen LogP contribution in [0.2, 0.25) is 0 Å². The molecule has 0 amide bonds. The normalized spacial score (nSPS) is 26.3. The van der Waals surface area contributed by atoms with Crippen molar-refractivity contribution in [3.05, 3.63) is 16.6 Å². The Morgan fingerprint density at radius 1 is 1.67 bits per heavy atom. The molecule has 1 aliphatic heterocycles. The summed E-state index contributed by atoms with van der Waals surface area (Å²) in [6, 6.07) is 0.640. The number of nitrogens with one attached hydrogen (secondary N) is 1. The predicted molar refractivity (Wildman–Crippen MR) is 67.5 cm³/mol. The number of likely N-dealkylation sites (N-methyl/N-ethyl adjacent to an activating group) is 1. The molecular weight excluding hydrogens is 226 g/mol.